The van der Waals surface area contributed by atoms with E-state index in [1.54, 1.807) is 4.90 Å². The van der Waals surface area contributed by atoms with E-state index in [4.69, 9.17) is 19.4 Å². The Balaban J connectivity index is 1.25. The van der Waals surface area contributed by atoms with Crippen LogP contribution in [0.4, 0.5) is 10.6 Å². The highest BCUT2D eigenvalue weighted by atomic mass is 32.2. The summed E-state index contributed by atoms with van der Waals surface area (Å²) in [4.78, 5) is 26.8. The number of aromatic nitrogens is 2. The Morgan fingerprint density at radius 2 is 2.00 bits per heavy atom. The molecule has 2 atom stereocenters. The number of aryl methyl sites for hydroxylation is 2. The lowest BCUT2D eigenvalue weighted by atomic mass is 9.73. The largest absolute Gasteiger partial charge is 0.466 e. The van der Waals surface area contributed by atoms with Crippen LogP contribution in [0.1, 0.15) is 53.5 Å². The van der Waals surface area contributed by atoms with Crippen molar-refractivity contribution in [3.05, 3.63) is 76.3 Å². The van der Waals surface area contributed by atoms with E-state index in [9.17, 15) is 10.1 Å². The zero-order valence-corrected chi connectivity index (χ0v) is 24.5. The monoisotopic (exact) mass is 569 g/mol. The molecular formula is C32H35N5O3S. The van der Waals surface area contributed by atoms with Gasteiger partial charge in [-0.25, -0.2) is 9.78 Å². The molecule has 9 heteroatoms. The number of carbonyl (C=O) groups excluding carboxylic acids is 1. The maximum atomic E-state index is 13.1. The molecule has 3 heterocycles. The topological polar surface area (TPSA) is 91.6 Å². The van der Waals surface area contributed by atoms with Crippen molar-refractivity contribution < 1.29 is 14.3 Å². The third-order valence-corrected chi connectivity index (χ3v) is 9.12. The Hall–Kier alpha value is -3.77. The summed E-state index contributed by atoms with van der Waals surface area (Å²) in [7, 11) is 0. The number of nitrogens with zero attached hydrogens (tertiary/aromatic N) is 5. The van der Waals surface area contributed by atoms with Crippen molar-refractivity contribution in [2.75, 3.05) is 30.8 Å². The molecular weight excluding hydrogens is 534 g/mol. The van der Waals surface area contributed by atoms with Gasteiger partial charge in [-0.05, 0) is 62.0 Å². The number of carbonyl (C=O) groups is 1. The standard InChI is InChI=1S/C32H35N5O3S/c1-22-8-6-11-24-12-7-15-32(27(22)24)16-13-26-28(34-30(41-2)35-29(26)40-32)36-18-19-37(25(20-36)14-17-33)31(38)39-21-23-9-4-3-5-10-23/h3-6,8-11,25H,7,12-16,18-21H2,1-2H3/t25-,32?/m0/s1. The van der Waals surface area contributed by atoms with Crippen LogP contribution in [0.2, 0.25) is 0 Å². The molecule has 212 valence electrons. The van der Waals surface area contributed by atoms with Crippen LogP contribution < -0.4 is 9.64 Å². The second kappa shape index (κ2) is 11.6. The molecule has 0 N–H and O–H groups in total. The van der Waals surface area contributed by atoms with E-state index in [0.717, 1.165) is 49.0 Å². The van der Waals surface area contributed by atoms with Crippen LogP contribution in [0.3, 0.4) is 0 Å². The van der Waals surface area contributed by atoms with Crippen LogP contribution in [0.25, 0.3) is 0 Å². The summed E-state index contributed by atoms with van der Waals surface area (Å²) in [5.74, 6) is 1.53. The van der Waals surface area contributed by atoms with Gasteiger partial charge >= 0.3 is 6.09 Å². The van der Waals surface area contributed by atoms with E-state index >= 15 is 0 Å². The zero-order valence-electron chi connectivity index (χ0n) is 23.6. The number of ether oxygens (including phenoxy) is 2. The van der Waals surface area contributed by atoms with E-state index in [0.29, 0.717) is 30.7 Å². The van der Waals surface area contributed by atoms with Crippen LogP contribution in [0, 0.1) is 18.3 Å². The fraction of sp³-hybridized carbons (Fsp3) is 0.438. The molecule has 1 unspecified atom stereocenters. The molecule has 1 aliphatic carbocycles. The van der Waals surface area contributed by atoms with Crippen molar-refractivity contribution in [2.24, 2.45) is 0 Å². The van der Waals surface area contributed by atoms with Crippen LogP contribution >= 0.6 is 11.8 Å². The number of amides is 1. The number of anilines is 1. The van der Waals surface area contributed by atoms with Gasteiger partial charge in [-0.2, -0.15) is 10.2 Å². The molecule has 41 heavy (non-hydrogen) atoms. The summed E-state index contributed by atoms with van der Waals surface area (Å²) in [5.41, 5.74) is 5.58. The molecule has 1 amide bonds. The van der Waals surface area contributed by atoms with Crippen molar-refractivity contribution >= 4 is 23.7 Å². The third-order valence-electron chi connectivity index (χ3n) is 8.57. The first-order valence-corrected chi connectivity index (χ1v) is 15.6. The smallest absolute Gasteiger partial charge is 0.410 e. The number of thioether (sulfide) groups is 1. The Morgan fingerprint density at radius 3 is 2.80 bits per heavy atom. The highest BCUT2D eigenvalue weighted by molar-refractivity contribution is 7.98. The van der Waals surface area contributed by atoms with Crippen molar-refractivity contribution in [1.82, 2.24) is 14.9 Å². The fourth-order valence-corrected chi connectivity index (χ4v) is 7.00. The molecule has 1 aromatic heterocycles. The van der Waals surface area contributed by atoms with E-state index in [1.165, 1.54) is 28.5 Å². The third kappa shape index (κ3) is 5.33. The zero-order chi connectivity index (χ0) is 28.4. The lowest BCUT2D eigenvalue weighted by Gasteiger charge is -2.45. The number of benzene rings is 2. The maximum absolute atomic E-state index is 13.1. The summed E-state index contributed by atoms with van der Waals surface area (Å²) >= 11 is 1.50. The molecule has 1 spiro atoms. The number of piperazine rings is 1. The molecule has 2 aliphatic heterocycles. The first-order valence-electron chi connectivity index (χ1n) is 14.3. The minimum atomic E-state index is -0.389. The molecule has 6 rings (SSSR count). The van der Waals surface area contributed by atoms with E-state index in [2.05, 4.69) is 36.1 Å². The van der Waals surface area contributed by atoms with Gasteiger partial charge < -0.3 is 19.3 Å². The van der Waals surface area contributed by atoms with Crippen molar-refractivity contribution in [3.63, 3.8) is 0 Å². The summed E-state index contributed by atoms with van der Waals surface area (Å²) in [6.45, 7) is 3.93. The predicted molar refractivity (Wildman–Crippen MR) is 158 cm³/mol. The lowest BCUT2D eigenvalue weighted by molar-refractivity contribution is 0.0185. The Morgan fingerprint density at radius 1 is 1.15 bits per heavy atom. The lowest BCUT2D eigenvalue weighted by Crippen LogP contribution is -2.55. The van der Waals surface area contributed by atoms with Gasteiger partial charge in [0.15, 0.2) is 5.16 Å². The molecule has 0 bridgehead atoms. The highest BCUT2D eigenvalue weighted by Gasteiger charge is 2.44. The van der Waals surface area contributed by atoms with Gasteiger partial charge in [0, 0.05) is 25.2 Å². The van der Waals surface area contributed by atoms with Crippen molar-refractivity contribution in [3.8, 4) is 11.9 Å². The molecule has 3 aromatic rings. The van der Waals surface area contributed by atoms with Crippen LogP contribution in [-0.2, 0) is 29.8 Å². The van der Waals surface area contributed by atoms with E-state index < -0.39 is 0 Å². The second-order valence-corrected chi connectivity index (χ2v) is 11.8. The van der Waals surface area contributed by atoms with Crippen LogP contribution in [-0.4, -0.2) is 52.9 Å². The number of nitriles is 1. The summed E-state index contributed by atoms with van der Waals surface area (Å²) < 4.78 is 12.5. The average Bonchev–Trinajstić information content (AvgIpc) is 3.00. The van der Waals surface area contributed by atoms with E-state index in [-0.39, 0.29) is 30.8 Å². The van der Waals surface area contributed by atoms with Gasteiger partial charge in [0.25, 0.3) is 0 Å². The second-order valence-electron chi connectivity index (χ2n) is 11.1. The van der Waals surface area contributed by atoms with Crippen molar-refractivity contribution in [2.45, 2.75) is 68.9 Å². The number of rotatable bonds is 5. The molecule has 1 saturated heterocycles. The van der Waals surface area contributed by atoms with Gasteiger partial charge in [0.2, 0.25) is 5.88 Å². The number of hydrogen-bond donors (Lipinski definition) is 0. The van der Waals surface area contributed by atoms with Gasteiger partial charge in [-0.15, -0.1) is 0 Å². The minimum Gasteiger partial charge on any atom is -0.466 e. The fourth-order valence-electron chi connectivity index (χ4n) is 6.65. The molecule has 2 aromatic carbocycles. The Labute approximate surface area is 245 Å². The normalized spacial score (nSPS) is 21.4. The van der Waals surface area contributed by atoms with E-state index in [1.807, 2.05) is 36.6 Å². The maximum Gasteiger partial charge on any atom is 0.410 e. The quantitative estimate of drug-likeness (QED) is 0.281. The van der Waals surface area contributed by atoms with Gasteiger partial charge in [0.05, 0.1) is 24.1 Å². The molecule has 3 aliphatic rings. The van der Waals surface area contributed by atoms with Crippen LogP contribution in [0.5, 0.6) is 5.88 Å². The first-order chi connectivity index (χ1) is 20.0. The predicted octanol–water partition coefficient (Wildman–Crippen LogP) is 5.80. The van der Waals surface area contributed by atoms with Gasteiger partial charge in [0.1, 0.15) is 18.0 Å². The molecule has 8 nitrogen and oxygen atoms in total. The molecule has 1 fully saturated rings. The number of hydrogen-bond acceptors (Lipinski definition) is 8. The highest BCUT2D eigenvalue weighted by Crippen LogP contribution is 2.49. The van der Waals surface area contributed by atoms with Gasteiger partial charge in [-0.1, -0.05) is 60.3 Å². The molecule has 0 radical (unpaired) electrons. The van der Waals surface area contributed by atoms with Crippen LogP contribution in [0.15, 0.2) is 53.7 Å². The first kappa shape index (κ1) is 27.4. The Kier molecular flexibility index (Phi) is 7.76. The summed E-state index contributed by atoms with van der Waals surface area (Å²) in [5, 5.41) is 10.3. The Bertz CT molecular complexity index is 1480. The van der Waals surface area contributed by atoms with Crippen molar-refractivity contribution in [1.29, 1.82) is 5.26 Å². The summed E-state index contributed by atoms with van der Waals surface area (Å²) in [6.07, 6.45) is 6.65. The number of fused-ring (bicyclic) bond motifs is 3. The molecule has 0 saturated carbocycles. The SMILES string of the molecule is CSc1nc2c(c(N3CCN(C(=O)OCc4ccccc4)[C@@H](CC#N)C3)n1)CCC1(CCCc3cccc(C)c31)O2. The average molecular weight is 570 g/mol. The summed E-state index contributed by atoms with van der Waals surface area (Å²) in [6, 6.07) is 18.2. The minimum absolute atomic E-state index is 0.206. The van der Waals surface area contributed by atoms with Gasteiger partial charge in [-0.3, -0.25) is 0 Å².